The lowest BCUT2D eigenvalue weighted by Crippen LogP contribution is -2.41. The van der Waals surface area contributed by atoms with Crippen molar-refractivity contribution in [1.82, 2.24) is 0 Å². The number of rotatable bonds is 4. The predicted molar refractivity (Wildman–Crippen MR) is 101 cm³/mol. The van der Waals surface area contributed by atoms with Crippen LogP contribution in [0.15, 0.2) is 64.5 Å². The summed E-state index contributed by atoms with van der Waals surface area (Å²) in [6, 6.07) is 13.5. The molecule has 0 saturated heterocycles. The normalized spacial score (nSPS) is 18.1. The summed E-state index contributed by atoms with van der Waals surface area (Å²) in [5.74, 6) is 0.255. The second-order valence-corrected chi connectivity index (χ2v) is 8.36. The maximum Gasteiger partial charge on any atom is 0.260 e. The molecular formula is C18H16BrNO4S. The quantitative estimate of drug-likeness (QED) is 0.758. The van der Waals surface area contributed by atoms with Crippen molar-refractivity contribution in [2.24, 2.45) is 0 Å². The Kier molecular flexibility index (Phi) is 4.96. The molecule has 1 aliphatic heterocycles. The highest BCUT2D eigenvalue weighted by Gasteiger charge is 2.32. The molecule has 0 aliphatic carbocycles. The van der Waals surface area contributed by atoms with Gasteiger partial charge in [0.2, 0.25) is 0 Å². The van der Waals surface area contributed by atoms with Crippen LogP contribution in [0.5, 0.6) is 5.75 Å². The summed E-state index contributed by atoms with van der Waals surface area (Å²) in [7, 11) is -1.74. The Balaban J connectivity index is 2.04. The van der Waals surface area contributed by atoms with Crippen LogP contribution in [0.1, 0.15) is 10.4 Å². The lowest BCUT2D eigenvalue weighted by Gasteiger charge is -2.28. The molecule has 2 aromatic rings. The zero-order valence-electron chi connectivity index (χ0n) is 13.4. The van der Waals surface area contributed by atoms with Gasteiger partial charge in [-0.15, -0.1) is 0 Å². The molecule has 1 atom stereocenters. The van der Waals surface area contributed by atoms with Crippen LogP contribution < -0.4 is 9.64 Å². The van der Waals surface area contributed by atoms with E-state index in [1.807, 2.05) is 6.07 Å². The van der Waals surface area contributed by atoms with Gasteiger partial charge in [0.05, 0.1) is 24.5 Å². The van der Waals surface area contributed by atoms with Gasteiger partial charge in [0.25, 0.3) is 5.91 Å². The third-order valence-corrected chi connectivity index (χ3v) is 5.99. The van der Waals surface area contributed by atoms with Gasteiger partial charge in [-0.25, -0.2) is 8.42 Å². The Bertz CT molecular complexity index is 922. The first-order chi connectivity index (χ1) is 11.9. The van der Waals surface area contributed by atoms with E-state index in [1.54, 1.807) is 55.7 Å². The molecule has 0 aromatic heterocycles. The summed E-state index contributed by atoms with van der Waals surface area (Å²) in [6.07, 6.45) is 1.55. The van der Waals surface area contributed by atoms with Crippen molar-refractivity contribution in [3.63, 3.8) is 0 Å². The number of carbonyl (C=O) groups is 1. The number of amides is 1. The number of anilines is 1. The third kappa shape index (κ3) is 3.77. The summed E-state index contributed by atoms with van der Waals surface area (Å²) in [6.45, 7) is 0. The van der Waals surface area contributed by atoms with Gasteiger partial charge in [0.15, 0.2) is 9.84 Å². The Morgan fingerprint density at radius 2 is 1.84 bits per heavy atom. The molecule has 0 saturated carbocycles. The molecule has 1 heterocycles. The predicted octanol–water partition coefficient (Wildman–Crippen LogP) is 3.42. The number of benzene rings is 2. The average Bonchev–Trinajstić information content (AvgIpc) is 2.95. The molecule has 0 spiro atoms. The van der Waals surface area contributed by atoms with Crippen LogP contribution in [0.4, 0.5) is 5.69 Å². The van der Waals surface area contributed by atoms with Gasteiger partial charge < -0.3 is 9.64 Å². The van der Waals surface area contributed by atoms with Crippen LogP contribution in [0.3, 0.4) is 0 Å². The second kappa shape index (κ2) is 7.01. The minimum absolute atomic E-state index is 0.130. The molecule has 0 fully saturated rings. The lowest BCUT2D eigenvalue weighted by atomic mass is 10.1. The minimum atomic E-state index is -3.30. The number of nitrogens with zero attached hydrogens (tertiary/aromatic N) is 1. The molecule has 0 N–H and O–H groups in total. The van der Waals surface area contributed by atoms with Gasteiger partial charge >= 0.3 is 0 Å². The molecule has 1 unspecified atom stereocenters. The maximum atomic E-state index is 13.2. The topological polar surface area (TPSA) is 63.7 Å². The molecule has 130 valence electrons. The molecule has 5 nitrogen and oxygen atoms in total. The summed E-state index contributed by atoms with van der Waals surface area (Å²) in [5.41, 5.74) is 1.07. The van der Waals surface area contributed by atoms with Crippen LogP contribution >= 0.6 is 15.9 Å². The van der Waals surface area contributed by atoms with Gasteiger partial charge in [-0.3, -0.25) is 4.79 Å². The van der Waals surface area contributed by atoms with Crippen LogP contribution in [0.25, 0.3) is 0 Å². The molecule has 1 aliphatic rings. The van der Waals surface area contributed by atoms with Crippen LogP contribution in [-0.2, 0) is 9.84 Å². The van der Waals surface area contributed by atoms with Crippen molar-refractivity contribution in [2.75, 3.05) is 17.8 Å². The average molecular weight is 422 g/mol. The van der Waals surface area contributed by atoms with Gasteiger partial charge in [-0.1, -0.05) is 12.1 Å². The van der Waals surface area contributed by atoms with Gasteiger partial charge in [0, 0.05) is 15.6 Å². The van der Waals surface area contributed by atoms with Gasteiger partial charge in [-0.2, -0.15) is 0 Å². The van der Waals surface area contributed by atoms with E-state index in [4.69, 9.17) is 4.74 Å². The van der Waals surface area contributed by atoms with Crippen LogP contribution in [-0.4, -0.2) is 33.2 Å². The number of ether oxygens (including phenoxy) is 1. The minimum Gasteiger partial charge on any atom is -0.497 e. The highest BCUT2D eigenvalue weighted by molar-refractivity contribution is 9.10. The first kappa shape index (κ1) is 17.7. The van der Waals surface area contributed by atoms with E-state index in [1.165, 1.54) is 10.3 Å². The number of halogens is 1. The smallest absolute Gasteiger partial charge is 0.260 e. The van der Waals surface area contributed by atoms with Crippen molar-refractivity contribution in [3.05, 3.63) is 70.1 Å². The fraction of sp³-hybridized carbons (Fsp3) is 0.167. The van der Waals surface area contributed by atoms with Crippen molar-refractivity contribution in [3.8, 4) is 5.75 Å². The Morgan fingerprint density at radius 1 is 1.16 bits per heavy atom. The largest absolute Gasteiger partial charge is 0.497 e. The van der Waals surface area contributed by atoms with E-state index in [-0.39, 0.29) is 11.7 Å². The molecule has 2 aromatic carbocycles. The maximum absolute atomic E-state index is 13.2. The number of carbonyl (C=O) groups excluding carboxylic acids is 1. The van der Waals surface area contributed by atoms with Crippen molar-refractivity contribution in [2.45, 2.75) is 6.04 Å². The number of hydrogen-bond donors (Lipinski definition) is 0. The molecule has 7 heteroatoms. The molecule has 0 radical (unpaired) electrons. The van der Waals surface area contributed by atoms with Crippen LogP contribution in [0, 0.1) is 0 Å². The standard InChI is InChI=1S/C18H16BrNO4S/c1-24-15-8-6-13(7-9-15)20(14-10-11-25(22,23)12-14)18(21)16-4-2-3-5-17(16)19/h2-11,14H,12H2,1H3. The Labute approximate surface area is 155 Å². The summed E-state index contributed by atoms with van der Waals surface area (Å²) < 4.78 is 29.5. The summed E-state index contributed by atoms with van der Waals surface area (Å²) in [4.78, 5) is 14.7. The monoisotopic (exact) mass is 421 g/mol. The zero-order valence-corrected chi connectivity index (χ0v) is 15.8. The number of hydrogen-bond acceptors (Lipinski definition) is 4. The van der Waals surface area contributed by atoms with E-state index in [0.717, 1.165) is 0 Å². The van der Waals surface area contributed by atoms with Crippen LogP contribution in [0.2, 0.25) is 0 Å². The lowest BCUT2D eigenvalue weighted by molar-refractivity contribution is 0.0982. The van der Waals surface area contributed by atoms with Crippen molar-refractivity contribution >= 4 is 37.4 Å². The number of methoxy groups -OCH3 is 1. The summed E-state index contributed by atoms with van der Waals surface area (Å²) >= 11 is 3.39. The van der Waals surface area contributed by atoms with E-state index in [2.05, 4.69) is 15.9 Å². The first-order valence-corrected chi connectivity index (χ1v) is 10.1. The third-order valence-electron chi connectivity index (χ3n) is 3.92. The van der Waals surface area contributed by atoms with E-state index in [9.17, 15) is 13.2 Å². The van der Waals surface area contributed by atoms with Crippen molar-refractivity contribution < 1.29 is 17.9 Å². The molecular weight excluding hydrogens is 406 g/mol. The van der Waals surface area contributed by atoms with Crippen molar-refractivity contribution in [1.29, 1.82) is 0 Å². The van der Waals surface area contributed by atoms with E-state index < -0.39 is 15.9 Å². The SMILES string of the molecule is COc1ccc(N(C(=O)c2ccccc2Br)C2C=CS(=O)(=O)C2)cc1. The summed E-state index contributed by atoms with van der Waals surface area (Å²) in [5, 5.41) is 1.17. The zero-order chi connectivity index (χ0) is 18.0. The highest BCUT2D eigenvalue weighted by atomic mass is 79.9. The molecule has 1 amide bonds. The Morgan fingerprint density at radius 3 is 2.40 bits per heavy atom. The fourth-order valence-corrected chi connectivity index (χ4v) is 4.41. The van der Waals surface area contributed by atoms with E-state index in [0.29, 0.717) is 21.5 Å². The molecule has 0 bridgehead atoms. The van der Waals surface area contributed by atoms with Gasteiger partial charge in [-0.05, 0) is 58.4 Å². The Hall–Kier alpha value is -2.12. The fourth-order valence-electron chi connectivity index (χ4n) is 2.69. The highest BCUT2D eigenvalue weighted by Crippen LogP contribution is 2.28. The first-order valence-electron chi connectivity index (χ1n) is 7.54. The second-order valence-electron chi connectivity index (χ2n) is 5.58. The van der Waals surface area contributed by atoms with E-state index >= 15 is 0 Å². The van der Waals surface area contributed by atoms with Gasteiger partial charge in [0.1, 0.15) is 5.75 Å². The number of sulfone groups is 1. The molecule has 25 heavy (non-hydrogen) atoms. The molecule has 3 rings (SSSR count).